The average molecular weight is 1630 g/mol. The van der Waals surface area contributed by atoms with Crippen molar-refractivity contribution in [3.8, 4) is 23.0 Å². The monoisotopic (exact) mass is 1630 g/mol. The Morgan fingerprint density at radius 3 is 1.16 bits per heavy atom. The number of benzene rings is 11. The van der Waals surface area contributed by atoms with E-state index in [2.05, 4.69) is 169 Å². The topological polar surface area (TPSA) is 135 Å². The molecular weight excluding hydrogens is 1510 g/mol. The smallest absolute Gasteiger partial charge is 0.255 e. The van der Waals surface area contributed by atoms with Crippen LogP contribution in [0.15, 0.2) is 291 Å². The number of nitrogens with zero attached hydrogens (tertiary/aromatic N) is 6. The maximum atomic E-state index is 12.8. The first kappa shape index (κ1) is 90.9. The molecule has 0 aliphatic carbocycles. The van der Waals surface area contributed by atoms with Crippen molar-refractivity contribution >= 4 is 46.8 Å². The second-order valence-electron chi connectivity index (χ2n) is 32.9. The van der Waals surface area contributed by atoms with Gasteiger partial charge in [0.1, 0.15) is 23.0 Å². The number of para-hydroxylation sites is 2. The van der Waals surface area contributed by atoms with E-state index < -0.39 is 0 Å². The van der Waals surface area contributed by atoms with E-state index in [-0.39, 0.29) is 29.5 Å². The molecule has 3 heterocycles. The molecule has 0 radical (unpaired) electrons. The van der Waals surface area contributed by atoms with Crippen LogP contribution >= 0.6 is 11.6 Å². The summed E-state index contributed by atoms with van der Waals surface area (Å²) in [5, 5.41) is 3.71. The number of likely N-dealkylation sites (tertiary alicyclic amines) is 1. The van der Waals surface area contributed by atoms with Gasteiger partial charge in [0.25, 0.3) is 29.5 Å². The molecule has 0 spiro atoms. The van der Waals surface area contributed by atoms with Gasteiger partial charge in [0.2, 0.25) is 0 Å². The Kier molecular flexibility index (Phi) is 35.5. The summed E-state index contributed by atoms with van der Waals surface area (Å²) < 4.78 is 11.5. The summed E-state index contributed by atoms with van der Waals surface area (Å²) in [6, 6.07) is 94.7. The van der Waals surface area contributed by atoms with Crippen molar-refractivity contribution in [3.05, 3.63) is 363 Å². The van der Waals surface area contributed by atoms with Gasteiger partial charge in [-0.2, -0.15) is 0 Å². The van der Waals surface area contributed by atoms with Gasteiger partial charge < -0.3 is 34.4 Å². The molecule has 3 fully saturated rings. The molecule has 0 unspecified atom stereocenters. The predicted molar refractivity (Wildman–Crippen MR) is 491 cm³/mol. The molecule has 14 nitrogen and oxygen atoms in total. The van der Waals surface area contributed by atoms with Crippen LogP contribution in [-0.4, -0.2) is 138 Å². The Labute approximate surface area is 719 Å². The van der Waals surface area contributed by atoms with E-state index in [0.29, 0.717) is 40.9 Å². The standard InChI is InChI=1S/C22H21NO2.C21H25ClN2O.C21H26N2O.C21H25NO2.C20H25NO/c1-16(2)18-7-6-8-19(15-18)23-22(24)17-11-13-21(14-12-17)25-20-9-4-3-5-10-20;1-16(2)18-4-3-5-19(14-18)21(25)24-12-10-23(11-13-24)15-17-6-8-20(22)9-7-17;1-17(2)19-9-6-10-20(15-19)21(24)23-13-11-22(12-14-23)16-18-7-4-3-5-8-18;1-16(2)17-12-14-22(15-13-17)21(23)18-8-10-20(11-9-18)24-19-6-4-3-5-7-19;1-16(2)18-12-7-13-19(15-18)20(22)21(3)14-8-11-17-9-5-4-6-10-17/h3-16H,1-2H3,(H,23,24);3-9,14,16H,10-13,15H2,1-2H3;3-10,15,17H,11-14,16H2,1-2H3;3-11,16-17H,12-15H2,1-2H3;4-7,9-10,12-13,15-16H,8,11,14H2,1-3H3. The second kappa shape index (κ2) is 46.8. The molecule has 3 aliphatic rings. The fraction of sp³-hybridized carbons (Fsp3) is 0.324. The van der Waals surface area contributed by atoms with Crippen molar-refractivity contribution in [2.24, 2.45) is 11.8 Å². The molecule has 1 N–H and O–H groups in total. The molecule has 0 bridgehead atoms. The number of amides is 5. The van der Waals surface area contributed by atoms with Gasteiger partial charge >= 0.3 is 0 Å². The highest BCUT2D eigenvalue weighted by Gasteiger charge is 2.27. The minimum Gasteiger partial charge on any atom is -0.457 e. The van der Waals surface area contributed by atoms with Gasteiger partial charge in [0.05, 0.1) is 0 Å². The second-order valence-corrected chi connectivity index (χ2v) is 33.3. The van der Waals surface area contributed by atoms with Crippen LogP contribution in [0.2, 0.25) is 5.02 Å². The molecule has 3 saturated heterocycles. The molecule has 14 rings (SSSR count). The van der Waals surface area contributed by atoms with Crippen LogP contribution in [0.5, 0.6) is 23.0 Å². The molecule has 3 aliphatic heterocycles. The number of nitrogens with one attached hydrogen (secondary N) is 1. The lowest BCUT2D eigenvalue weighted by Crippen LogP contribution is -2.48. The quantitative estimate of drug-likeness (QED) is 0.0664. The fourth-order valence-corrected chi connectivity index (χ4v) is 14.7. The highest BCUT2D eigenvalue weighted by Crippen LogP contribution is 2.30. The highest BCUT2D eigenvalue weighted by atomic mass is 35.5. The summed E-state index contributed by atoms with van der Waals surface area (Å²) in [5.74, 6) is 6.62. The number of halogens is 1. The van der Waals surface area contributed by atoms with E-state index >= 15 is 0 Å². The van der Waals surface area contributed by atoms with Crippen molar-refractivity contribution in [1.82, 2.24) is 29.4 Å². The average Bonchev–Trinajstić information content (AvgIpc) is 0.846. The summed E-state index contributed by atoms with van der Waals surface area (Å²) in [4.78, 5) is 75.6. The lowest BCUT2D eigenvalue weighted by Gasteiger charge is -2.35. The zero-order valence-electron chi connectivity index (χ0n) is 72.1. The maximum Gasteiger partial charge on any atom is 0.255 e. The lowest BCUT2D eigenvalue weighted by atomic mass is 9.86. The molecule has 11 aromatic rings. The molecule has 0 aromatic heterocycles. The summed E-state index contributed by atoms with van der Waals surface area (Å²) in [6.45, 7) is 32.9. The van der Waals surface area contributed by atoms with Gasteiger partial charge in [-0.05, 0) is 234 Å². The van der Waals surface area contributed by atoms with E-state index in [1.807, 2.05) is 209 Å². The number of hydrogen-bond acceptors (Lipinski definition) is 9. The molecule has 0 atom stereocenters. The minimum absolute atomic E-state index is 0.107. The van der Waals surface area contributed by atoms with Gasteiger partial charge in [-0.3, -0.25) is 33.8 Å². The first-order valence-electron chi connectivity index (χ1n) is 42.8. The zero-order valence-corrected chi connectivity index (χ0v) is 72.9. The summed E-state index contributed by atoms with van der Waals surface area (Å²) in [6.07, 6.45) is 4.21. The van der Waals surface area contributed by atoms with Crippen LogP contribution in [0.25, 0.3) is 0 Å². The Morgan fingerprint density at radius 1 is 0.367 bits per heavy atom. The number of carbonyl (C=O) groups is 5. The summed E-state index contributed by atoms with van der Waals surface area (Å²) in [5.41, 5.74) is 13.3. The number of aryl methyl sites for hydroxylation is 1. The van der Waals surface area contributed by atoms with Crippen molar-refractivity contribution in [2.45, 2.75) is 132 Å². The number of hydrogen-bond donors (Lipinski definition) is 1. The van der Waals surface area contributed by atoms with Crippen LogP contribution < -0.4 is 14.8 Å². The van der Waals surface area contributed by atoms with Crippen LogP contribution in [0.3, 0.4) is 0 Å². The fourth-order valence-electron chi connectivity index (χ4n) is 14.6. The van der Waals surface area contributed by atoms with Crippen LogP contribution in [0, 0.1) is 11.8 Å². The summed E-state index contributed by atoms with van der Waals surface area (Å²) >= 11 is 5.94. The Hall–Kier alpha value is -11.4. The van der Waals surface area contributed by atoms with Gasteiger partial charge in [0, 0.05) is 131 Å². The third kappa shape index (κ3) is 28.9. The van der Waals surface area contributed by atoms with E-state index in [0.717, 1.165) is 167 Å². The number of rotatable bonds is 23. The normalized spacial score (nSPS) is 13.7. The molecule has 120 heavy (non-hydrogen) atoms. The van der Waals surface area contributed by atoms with E-state index in [1.54, 1.807) is 24.3 Å². The van der Waals surface area contributed by atoms with Crippen LogP contribution in [0.1, 0.15) is 203 Å². The van der Waals surface area contributed by atoms with Crippen molar-refractivity contribution in [1.29, 1.82) is 0 Å². The molecule has 11 aromatic carbocycles. The zero-order chi connectivity index (χ0) is 85.3. The Balaban J connectivity index is 0.000000158. The number of carbonyl (C=O) groups excluding carboxylic acids is 5. The third-order valence-corrected chi connectivity index (χ3v) is 22.4. The number of ether oxygens (including phenoxy) is 2. The largest absolute Gasteiger partial charge is 0.457 e. The van der Waals surface area contributed by atoms with Gasteiger partial charge in [-0.1, -0.05) is 239 Å². The Morgan fingerprint density at radius 2 is 0.725 bits per heavy atom. The molecular formula is C105H122ClN7O7. The van der Waals surface area contributed by atoms with Crippen molar-refractivity contribution in [2.75, 3.05) is 84.4 Å². The SMILES string of the molecule is CC(C)C1CCN(C(=O)c2ccc(Oc3ccccc3)cc2)CC1.CC(C)c1cccc(C(=O)N(C)CCCc2ccccc2)c1.CC(C)c1cccc(C(=O)N2CCN(Cc3ccc(Cl)cc3)CC2)c1.CC(C)c1cccc(C(=O)N2CCN(Cc3ccccc3)CC2)c1.CC(C)c1cccc(NC(=O)c2ccc(Oc3ccccc3)cc2)c1. The lowest BCUT2D eigenvalue weighted by molar-refractivity contribution is 0.0621. The summed E-state index contributed by atoms with van der Waals surface area (Å²) in [7, 11) is 1.88. The Bertz CT molecular complexity index is 4950. The molecule has 626 valence electrons. The third-order valence-electron chi connectivity index (χ3n) is 22.2. The number of piperazine rings is 2. The maximum absolute atomic E-state index is 12.8. The first-order valence-corrected chi connectivity index (χ1v) is 43.1. The van der Waals surface area contributed by atoms with E-state index in [4.69, 9.17) is 21.1 Å². The number of piperidine rings is 1. The van der Waals surface area contributed by atoms with Crippen LogP contribution in [-0.2, 0) is 19.5 Å². The van der Waals surface area contributed by atoms with E-state index in [1.165, 1.54) is 38.9 Å². The van der Waals surface area contributed by atoms with E-state index in [9.17, 15) is 24.0 Å². The molecule has 0 saturated carbocycles. The predicted octanol–water partition coefficient (Wildman–Crippen LogP) is 23.5. The number of anilines is 1. The molecule has 15 heteroatoms. The van der Waals surface area contributed by atoms with Crippen LogP contribution in [0.4, 0.5) is 5.69 Å². The molecule has 5 amide bonds. The highest BCUT2D eigenvalue weighted by molar-refractivity contribution is 6.30. The van der Waals surface area contributed by atoms with Gasteiger partial charge in [-0.25, -0.2) is 0 Å². The van der Waals surface area contributed by atoms with Crippen molar-refractivity contribution < 1.29 is 33.4 Å². The first-order chi connectivity index (χ1) is 58.0. The minimum atomic E-state index is -0.132. The van der Waals surface area contributed by atoms with Crippen molar-refractivity contribution in [3.63, 3.8) is 0 Å². The van der Waals surface area contributed by atoms with Gasteiger partial charge in [-0.15, -0.1) is 0 Å². The van der Waals surface area contributed by atoms with Gasteiger partial charge in [0.15, 0.2) is 0 Å².